The quantitative estimate of drug-likeness (QED) is 0.170. The molecule has 0 aliphatic heterocycles. The van der Waals surface area contributed by atoms with Crippen LogP contribution < -0.4 is 0 Å². The Morgan fingerprint density at radius 2 is 1.57 bits per heavy atom. The summed E-state index contributed by atoms with van der Waals surface area (Å²) in [5, 5.41) is 1.27. The number of hydrogen-bond donors (Lipinski definition) is 0. The maximum absolute atomic E-state index is 8.12. The molecule has 0 atom stereocenters. The summed E-state index contributed by atoms with van der Waals surface area (Å²) in [6.07, 6.45) is 2.82. The fourth-order valence-electron chi connectivity index (χ4n) is 4.39. The first-order valence-electron chi connectivity index (χ1n) is 18.6. The van der Waals surface area contributed by atoms with Crippen LogP contribution in [-0.2, 0) is 20.1 Å². The number of fused-ring (bicyclic) bond motifs is 3. The second-order valence-corrected chi connectivity index (χ2v) is 9.15. The van der Waals surface area contributed by atoms with Crippen LogP contribution in [0.2, 0.25) is 0 Å². The van der Waals surface area contributed by atoms with Gasteiger partial charge in [0.1, 0.15) is 0 Å². The van der Waals surface area contributed by atoms with Crippen molar-refractivity contribution in [2.45, 2.75) is 27.4 Å². The van der Waals surface area contributed by atoms with Crippen molar-refractivity contribution in [2.24, 2.45) is 0 Å². The van der Waals surface area contributed by atoms with Crippen molar-refractivity contribution in [3.63, 3.8) is 0 Å². The summed E-state index contributed by atoms with van der Waals surface area (Å²) in [6, 6.07) is 30.8. The molecular weight excluding hydrogens is 695 g/mol. The number of nitrogens with zero attached hydrogens (tertiary/aromatic N) is 3. The van der Waals surface area contributed by atoms with E-state index in [1.54, 1.807) is 48.5 Å². The van der Waals surface area contributed by atoms with E-state index in [-0.39, 0.29) is 48.2 Å². The third-order valence-electron chi connectivity index (χ3n) is 6.40. The zero-order valence-electron chi connectivity index (χ0n) is 33.9. The summed E-state index contributed by atoms with van der Waals surface area (Å²) in [4.78, 5) is 12.8. The normalized spacial score (nSPS) is 16.1. The summed E-state index contributed by atoms with van der Waals surface area (Å²) >= 11 is 0. The molecule has 0 amide bonds. The van der Waals surface area contributed by atoms with E-state index < -0.39 is 27.4 Å². The number of rotatable bonds is 3. The smallest absolute Gasteiger partial charge is 0.216 e. The van der Waals surface area contributed by atoms with Crippen LogP contribution in [0.1, 0.15) is 38.8 Å². The number of furan rings is 1. The van der Waals surface area contributed by atoms with Crippen molar-refractivity contribution >= 4 is 22.1 Å². The third kappa shape index (κ3) is 6.08. The molecule has 4 nitrogen and oxygen atoms in total. The summed E-state index contributed by atoms with van der Waals surface area (Å²) in [6.45, 7) is -9.25. The van der Waals surface area contributed by atoms with Gasteiger partial charge >= 0.3 is 0 Å². The van der Waals surface area contributed by atoms with Gasteiger partial charge in [-0.05, 0) is 67.6 Å². The van der Waals surface area contributed by atoms with Crippen LogP contribution >= 0.6 is 0 Å². The molecule has 4 heterocycles. The third-order valence-corrected chi connectivity index (χ3v) is 6.40. The molecule has 3 aromatic carbocycles. The predicted molar refractivity (Wildman–Crippen MR) is 166 cm³/mol. The van der Waals surface area contributed by atoms with Gasteiger partial charge in [0.15, 0.2) is 0 Å². The summed E-state index contributed by atoms with van der Waals surface area (Å²) in [5.74, 6) is 0. The van der Waals surface area contributed by atoms with Crippen LogP contribution in [-0.4, -0.2) is 15.0 Å². The number of aryl methyl sites for hydroxylation is 4. The Kier molecular flexibility index (Phi) is 5.25. The van der Waals surface area contributed by atoms with Gasteiger partial charge in [0.05, 0.1) is 5.58 Å². The molecule has 4 aromatic heterocycles. The Hall–Kier alpha value is -4.44. The molecule has 0 spiro atoms. The minimum absolute atomic E-state index is 0. The van der Waals surface area contributed by atoms with Gasteiger partial charge in [-0.15, -0.1) is 54.1 Å². The molecule has 0 fully saturated rings. The fraction of sp³-hybridized carbons (Fsp3) is 0.108. The molecule has 7 rings (SSSR count). The Labute approximate surface area is 276 Å². The molecular formula is C37H29IrN3O-2. The van der Waals surface area contributed by atoms with Crippen molar-refractivity contribution in [2.75, 3.05) is 0 Å². The first-order valence-corrected chi connectivity index (χ1v) is 12.6. The maximum Gasteiger partial charge on any atom is 0.216 e. The Morgan fingerprint density at radius 1 is 0.714 bits per heavy atom. The first kappa shape index (κ1) is 17.5. The monoisotopic (exact) mass is 736 g/mol. The molecule has 0 unspecified atom stereocenters. The average molecular weight is 736 g/mol. The molecule has 1 radical (unpaired) electrons. The molecule has 0 saturated heterocycles. The zero-order valence-corrected chi connectivity index (χ0v) is 24.3. The SMILES string of the molecule is [2H]C([2H])([2H])c1ccc(-c2[c-]cccc2)nc1.[2H]C([2H])([2H])c1ccc(-c2cnc(-c3[c-]ccc4c3oc3nc(C([2H])([2H])[2H])ccc34)cc2C([2H])([2H])[2H])cc1.[Ir]. The van der Waals surface area contributed by atoms with E-state index in [0.29, 0.717) is 38.7 Å². The van der Waals surface area contributed by atoms with E-state index in [2.05, 4.69) is 27.1 Å². The van der Waals surface area contributed by atoms with E-state index in [0.717, 1.165) is 11.3 Å². The van der Waals surface area contributed by atoms with Gasteiger partial charge in [0.25, 0.3) is 0 Å². The molecule has 5 heteroatoms. The number of aromatic nitrogens is 3. The molecule has 0 aliphatic carbocycles. The second kappa shape index (κ2) is 12.6. The van der Waals surface area contributed by atoms with Gasteiger partial charge in [0.2, 0.25) is 5.71 Å². The molecule has 7 aromatic rings. The molecule has 209 valence electrons. The second-order valence-electron chi connectivity index (χ2n) is 9.15. The summed E-state index contributed by atoms with van der Waals surface area (Å²) in [5.41, 5.74) is 4.00. The van der Waals surface area contributed by atoms with Crippen molar-refractivity contribution < 1.29 is 41.0 Å². The van der Waals surface area contributed by atoms with Crippen molar-refractivity contribution in [1.29, 1.82) is 0 Å². The Morgan fingerprint density at radius 3 is 2.31 bits per heavy atom. The van der Waals surface area contributed by atoms with E-state index in [9.17, 15) is 0 Å². The minimum atomic E-state index is -2.49. The van der Waals surface area contributed by atoms with Gasteiger partial charge in [-0.1, -0.05) is 59.0 Å². The maximum atomic E-state index is 8.12. The van der Waals surface area contributed by atoms with Crippen molar-refractivity contribution in [3.05, 3.63) is 138 Å². The molecule has 0 saturated carbocycles. The number of pyridine rings is 3. The van der Waals surface area contributed by atoms with Crippen molar-refractivity contribution in [1.82, 2.24) is 15.0 Å². The predicted octanol–water partition coefficient (Wildman–Crippen LogP) is 9.29. The van der Waals surface area contributed by atoms with Gasteiger partial charge in [-0.3, -0.25) is 0 Å². The van der Waals surface area contributed by atoms with Gasteiger partial charge in [-0.2, -0.15) is 0 Å². The van der Waals surface area contributed by atoms with Gasteiger partial charge in [-0.25, -0.2) is 4.98 Å². The van der Waals surface area contributed by atoms with Crippen molar-refractivity contribution in [3.8, 4) is 33.6 Å². The largest absolute Gasteiger partial charge is 0.486 e. The van der Waals surface area contributed by atoms with Crippen LogP contribution in [0.3, 0.4) is 0 Å². The zero-order chi connectivity index (χ0) is 38.3. The Balaban J connectivity index is 0.000000276. The molecule has 0 bridgehead atoms. The standard InChI is InChI=1S/C25H19N2O.C12H10N.Ir/c1-15-7-10-18(11-8-15)22-14-26-23(13-16(22)2)21-6-4-5-19-20-12-9-17(3)27-25(20)28-24(19)21;1-10-7-8-12(13-9-10)11-5-3-2-4-6-11;/h4-5,7-14H,1-3H3;2-5,7-9H,1H3;/q2*-1;/i1D3,2D3,3D3;1D3;. The van der Waals surface area contributed by atoms with Crippen LogP contribution in [0.5, 0.6) is 0 Å². The van der Waals surface area contributed by atoms with E-state index >= 15 is 0 Å². The van der Waals surface area contributed by atoms with Crippen LogP contribution in [0, 0.1) is 39.5 Å². The topological polar surface area (TPSA) is 51.8 Å². The first-order chi connectivity index (χ1) is 24.8. The van der Waals surface area contributed by atoms with E-state index in [4.69, 9.17) is 20.9 Å². The van der Waals surface area contributed by atoms with Gasteiger partial charge < -0.3 is 14.4 Å². The van der Waals surface area contributed by atoms with Gasteiger partial charge in [0, 0.05) is 65.6 Å². The summed E-state index contributed by atoms with van der Waals surface area (Å²) < 4.78 is 97.4. The number of benzene rings is 3. The minimum Gasteiger partial charge on any atom is -0.486 e. The molecule has 42 heavy (non-hydrogen) atoms. The van der Waals surface area contributed by atoms with E-state index in [1.165, 1.54) is 36.7 Å². The molecule has 0 aliphatic rings. The summed E-state index contributed by atoms with van der Waals surface area (Å²) in [7, 11) is 0. The van der Waals surface area contributed by atoms with E-state index in [1.807, 2.05) is 18.2 Å². The van der Waals surface area contributed by atoms with Crippen LogP contribution in [0.4, 0.5) is 0 Å². The molecule has 0 N–H and O–H groups in total. The van der Waals surface area contributed by atoms with Crippen LogP contribution in [0.25, 0.3) is 55.7 Å². The average Bonchev–Trinajstić information content (AvgIpc) is 3.49. The van der Waals surface area contributed by atoms with Crippen LogP contribution in [0.15, 0.2) is 108 Å². The number of hydrogen-bond acceptors (Lipinski definition) is 4. The fourth-order valence-corrected chi connectivity index (χ4v) is 4.39. The Bertz CT molecular complexity index is 2390.